The Morgan fingerprint density at radius 3 is 2.69 bits per heavy atom. The lowest BCUT2D eigenvalue weighted by Gasteiger charge is -2.10. The van der Waals surface area contributed by atoms with E-state index in [0.29, 0.717) is 5.82 Å². The summed E-state index contributed by atoms with van der Waals surface area (Å²) in [6.07, 6.45) is -4.96. The van der Waals surface area contributed by atoms with E-state index in [0.717, 1.165) is 0 Å². The monoisotopic (exact) mass is 237 g/mol. The molecule has 0 saturated heterocycles. The molecule has 1 aromatic rings. The molecule has 0 saturated carbocycles. The van der Waals surface area contributed by atoms with Crippen molar-refractivity contribution in [2.24, 2.45) is 0 Å². The van der Waals surface area contributed by atoms with Crippen molar-refractivity contribution in [3.63, 3.8) is 0 Å². The Labute approximate surface area is 91.0 Å². The summed E-state index contributed by atoms with van der Waals surface area (Å²) in [5, 5.41) is 13.8. The van der Waals surface area contributed by atoms with E-state index in [-0.39, 0.29) is 19.0 Å². The third-order valence-electron chi connectivity index (χ3n) is 2.21. The van der Waals surface area contributed by atoms with Crippen LogP contribution in [0.3, 0.4) is 0 Å². The number of aryl methyl sites for hydroxylation is 1. The fraction of sp³-hybridized carbons (Fsp3) is 0.875. The summed E-state index contributed by atoms with van der Waals surface area (Å²) in [6, 6.07) is -0.0825. The molecule has 0 spiro atoms. The number of aromatic nitrogens is 4. The van der Waals surface area contributed by atoms with Crippen molar-refractivity contribution < 1.29 is 13.2 Å². The molecule has 1 heterocycles. The van der Waals surface area contributed by atoms with Crippen molar-refractivity contribution in [3.8, 4) is 0 Å². The molecule has 1 aromatic heterocycles. The Balaban J connectivity index is 2.51. The number of halogens is 3. The first-order valence-corrected chi connectivity index (χ1v) is 4.94. The van der Waals surface area contributed by atoms with Gasteiger partial charge in [-0.15, -0.1) is 5.10 Å². The number of nitrogens with one attached hydrogen (secondary N) is 1. The van der Waals surface area contributed by atoms with E-state index in [1.165, 1.54) is 4.68 Å². The van der Waals surface area contributed by atoms with Gasteiger partial charge in [-0.25, -0.2) is 4.68 Å². The average molecular weight is 237 g/mol. The maximum absolute atomic E-state index is 11.9. The molecule has 5 nitrogen and oxygen atoms in total. The molecule has 1 rings (SSSR count). The summed E-state index contributed by atoms with van der Waals surface area (Å²) in [4.78, 5) is 0. The van der Waals surface area contributed by atoms with Crippen molar-refractivity contribution in [3.05, 3.63) is 5.82 Å². The van der Waals surface area contributed by atoms with Gasteiger partial charge in [-0.05, 0) is 30.8 Å². The van der Waals surface area contributed by atoms with E-state index < -0.39 is 12.6 Å². The smallest absolute Gasteiger partial charge is 0.311 e. The van der Waals surface area contributed by atoms with Crippen LogP contribution < -0.4 is 5.32 Å². The highest BCUT2D eigenvalue weighted by atomic mass is 19.4. The highest BCUT2D eigenvalue weighted by molar-refractivity contribution is 4.88. The molecular weight excluding hydrogens is 223 g/mol. The van der Waals surface area contributed by atoms with Crippen LogP contribution in [0.2, 0.25) is 0 Å². The molecule has 0 aromatic carbocycles. The van der Waals surface area contributed by atoms with Gasteiger partial charge in [-0.1, -0.05) is 0 Å². The summed E-state index contributed by atoms with van der Waals surface area (Å²) in [5.74, 6) is 0.546. The lowest BCUT2D eigenvalue weighted by molar-refractivity contribution is -0.136. The van der Waals surface area contributed by atoms with Crippen LogP contribution in [0.4, 0.5) is 13.2 Å². The predicted octanol–water partition coefficient (Wildman–Crippen LogP) is 1.30. The fourth-order valence-corrected chi connectivity index (χ4v) is 1.24. The first-order chi connectivity index (χ1) is 7.44. The van der Waals surface area contributed by atoms with Gasteiger partial charge >= 0.3 is 6.18 Å². The summed E-state index contributed by atoms with van der Waals surface area (Å²) in [6.45, 7) is 2.01. The van der Waals surface area contributed by atoms with E-state index in [4.69, 9.17) is 0 Å². The second kappa shape index (κ2) is 5.24. The van der Waals surface area contributed by atoms with Gasteiger partial charge in [0.1, 0.15) is 0 Å². The maximum Gasteiger partial charge on any atom is 0.389 e. The second-order valence-electron chi connectivity index (χ2n) is 3.49. The molecule has 0 aliphatic rings. The molecule has 8 heteroatoms. The topological polar surface area (TPSA) is 55.6 Å². The highest BCUT2D eigenvalue weighted by Crippen LogP contribution is 2.21. The van der Waals surface area contributed by atoms with Crippen LogP contribution in [0.5, 0.6) is 0 Å². The Kier molecular flexibility index (Phi) is 4.22. The highest BCUT2D eigenvalue weighted by Gasteiger charge is 2.26. The summed E-state index contributed by atoms with van der Waals surface area (Å²) >= 11 is 0. The summed E-state index contributed by atoms with van der Waals surface area (Å²) < 4.78 is 37.2. The molecule has 1 unspecified atom stereocenters. The van der Waals surface area contributed by atoms with Gasteiger partial charge < -0.3 is 5.32 Å². The zero-order valence-electron chi connectivity index (χ0n) is 9.12. The zero-order chi connectivity index (χ0) is 12.2. The normalized spacial score (nSPS) is 14.1. The number of nitrogens with zero attached hydrogens (tertiary/aromatic N) is 4. The quantitative estimate of drug-likeness (QED) is 0.838. The lowest BCUT2D eigenvalue weighted by atomic mass is 10.3. The summed E-state index contributed by atoms with van der Waals surface area (Å²) in [7, 11) is 1.74. The molecule has 0 aliphatic heterocycles. The van der Waals surface area contributed by atoms with E-state index in [1.54, 1.807) is 7.05 Å². The Morgan fingerprint density at radius 1 is 1.44 bits per heavy atom. The number of hydrogen-bond acceptors (Lipinski definition) is 4. The minimum atomic E-state index is -4.12. The Hall–Kier alpha value is -1.18. The number of tetrazole rings is 1. The standard InChI is InChI=1S/C8H14F3N5/c1-6(12-2)7-13-14-15-16(7)5-3-4-8(9,10)11/h6,12H,3-5H2,1-2H3. The van der Waals surface area contributed by atoms with Gasteiger partial charge in [0.25, 0.3) is 0 Å². The third-order valence-corrected chi connectivity index (χ3v) is 2.21. The van der Waals surface area contributed by atoms with E-state index in [9.17, 15) is 13.2 Å². The molecule has 92 valence electrons. The van der Waals surface area contributed by atoms with Gasteiger partial charge in [0.05, 0.1) is 6.04 Å². The molecule has 0 fully saturated rings. The van der Waals surface area contributed by atoms with Gasteiger partial charge in [0, 0.05) is 13.0 Å². The largest absolute Gasteiger partial charge is 0.389 e. The van der Waals surface area contributed by atoms with Crippen molar-refractivity contribution in [1.82, 2.24) is 25.5 Å². The van der Waals surface area contributed by atoms with Gasteiger partial charge in [0.2, 0.25) is 0 Å². The number of rotatable bonds is 5. The number of hydrogen-bond donors (Lipinski definition) is 1. The molecular formula is C8H14F3N5. The van der Waals surface area contributed by atoms with Crippen LogP contribution in [0.15, 0.2) is 0 Å². The minimum Gasteiger partial charge on any atom is -0.311 e. The maximum atomic E-state index is 11.9. The SMILES string of the molecule is CNC(C)c1nnnn1CCCC(F)(F)F. The van der Waals surface area contributed by atoms with Crippen LogP contribution in [0.25, 0.3) is 0 Å². The molecule has 0 bridgehead atoms. The van der Waals surface area contributed by atoms with Crippen LogP contribution in [-0.2, 0) is 6.54 Å². The average Bonchev–Trinajstić information content (AvgIpc) is 2.63. The lowest BCUT2D eigenvalue weighted by Crippen LogP contribution is -2.19. The Morgan fingerprint density at radius 2 is 2.12 bits per heavy atom. The van der Waals surface area contributed by atoms with Crippen LogP contribution in [-0.4, -0.2) is 33.4 Å². The van der Waals surface area contributed by atoms with Crippen LogP contribution in [0.1, 0.15) is 31.6 Å². The third kappa shape index (κ3) is 3.76. The predicted molar refractivity (Wildman–Crippen MR) is 50.6 cm³/mol. The second-order valence-corrected chi connectivity index (χ2v) is 3.49. The fourth-order valence-electron chi connectivity index (χ4n) is 1.24. The van der Waals surface area contributed by atoms with Crippen molar-refractivity contribution in [1.29, 1.82) is 0 Å². The molecule has 16 heavy (non-hydrogen) atoms. The minimum absolute atomic E-state index is 0.0159. The van der Waals surface area contributed by atoms with E-state index >= 15 is 0 Å². The molecule has 0 amide bonds. The van der Waals surface area contributed by atoms with Crippen LogP contribution in [0, 0.1) is 0 Å². The van der Waals surface area contributed by atoms with Gasteiger partial charge in [-0.3, -0.25) is 0 Å². The zero-order valence-corrected chi connectivity index (χ0v) is 9.12. The first kappa shape index (κ1) is 12.9. The molecule has 0 aliphatic carbocycles. The molecule has 1 atom stereocenters. The van der Waals surface area contributed by atoms with Crippen molar-refractivity contribution in [2.45, 2.75) is 38.5 Å². The summed E-state index contributed by atoms with van der Waals surface area (Å²) in [5.41, 5.74) is 0. The molecule has 0 radical (unpaired) electrons. The van der Waals surface area contributed by atoms with E-state index in [2.05, 4.69) is 20.8 Å². The van der Waals surface area contributed by atoms with Crippen molar-refractivity contribution >= 4 is 0 Å². The number of alkyl halides is 3. The van der Waals surface area contributed by atoms with E-state index in [1.807, 2.05) is 6.92 Å². The first-order valence-electron chi connectivity index (χ1n) is 4.94. The molecule has 1 N–H and O–H groups in total. The van der Waals surface area contributed by atoms with Gasteiger partial charge in [0.15, 0.2) is 5.82 Å². The van der Waals surface area contributed by atoms with Gasteiger partial charge in [-0.2, -0.15) is 13.2 Å². The van der Waals surface area contributed by atoms with Crippen LogP contribution >= 0.6 is 0 Å². The Bertz CT molecular complexity index is 322. The van der Waals surface area contributed by atoms with Crippen molar-refractivity contribution in [2.75, 3.05) is 7.05 Å².